The van der Waals surface area contributed by atoms with Crippen LogP contribution in [0.5, 0.6) is 0 Å². The normalized spacial score (nSPS) is 9.64. The van der Waals surface area contributed by atoms with Crippen LogP contribution in [0.1, 0.15) is 33.5 Å². The fourth-order valence-corrected chi connectivity index (χ4v) is 2.64. The number of ether oxygens (including phenoxy) is 2. The predicted octanol–water partition coefficient (Wildman–Crippen LogP) is 3.59. The highest BCUT2D eigenvalue weighted by atomic mass is 32.1. The predicted molar refractivity (Wildman–Crippen MR) is 96.4 cm³/mol. The van der Waals surface area contributed by atoms with Crippen LogP contribution >= 0.6 is 11.3 Å². The van der Waals surface area contributed by atoms with Gasteiger partial charge < -0.3 is 14.8 Å². The molecule has 1 N–H and O–H groups in total. The van der Waals surface area contributed by atoms with Gasteiger partial charge in [0.25, 0.3) is 0 Å². The van der Waals surface area contributed by atoms with Crippen molar-refractivity contribution in [1.82, 2.24) is 5.32 Å². The molecule has 0 aliphatic heterocycles. The number of alkyl carbamates (subject to hydrolysis) is 1. The highest BCUT2D eigenvalue weighted by Crippen LogP contribution is 2.16. The van der Waals surface area contributed by atoms with Gasteiger partial charge in [0.1, 0.15) is 11.5 Å². The minimum Gasteiger partial charge on any atom is -0.462 e. The maximum Gasteiger partial charge on any atom is 0.407 e. The topological polar surface area (TPSA) is 64.6 Å². The molecule has 25 heavy (non-hydrogen) atoms. The van der Waals surface area contributed by atoms with Gasteiger partial charge in [0, 0.05) is 13.0 Å². The minimum absolute atomic E-state index is 0.240. The van der Waals surface area contributed by atoms with Crippen molar-refractivity contribution in [3.63, 3.8) is 0 Å². The second-order valence-corrected chi connectivity index (χ2v) is 6.01. The van der Waals surface area contributed by atoms with E-state index in [0.717, 1.165) is 10.4 Å². The summed E-state index contributed by atoms with van der Waals surface area (Å²) in [5.41, 5.74) is 0.938. The third-order valence-electron chi connectivity index (χ3n) is 3.03. The summed E-state index contributed by atoms with van der Waals surface area (Å²) in [5.74, 6) is 5.59. The molecule has 2 aromatic rings. The molecular weight excluding hydrogens is 338 g/mol. The molecule has 0 bridgehead atoms. The Morgan fingerprint density at radius 1 is 1.12 bits per heavy atom. The third-order valence-corrected chi connectivity index (χ3v) is 4.01. The summed E-state index contributed by atoms with van der Waals surface area (Å²) in [6, 6.07) is 13.0. The summed E-state index contributed by atoms with van der Waals surface area (Å²) < 4.78 is 10.0. The Labute approximate surface area is 151 Å². The molecule has 0 atom stereocenters. The number of thiophene rings is 1. The zero-order valence-electron chi connectivity index (χ0n) is 13.9. The lowest BCUT2D eigenvalue weighted by Gasteiger charge is -2.05. The van der Waals surface area contributed by atoms with Crippen LogP contribution in [-0.4, -0.2) is 25.2 Å². The third kappa shape index (κ3) is 6.69. The van der Waals surface area contributed by atoms with Crippen molar-refractivity contribution in [2.24, 2.45) is 0 Å². The first-order chi connectivity index (χ1) is 12.2. The molecule has 0 spiro atoms. The number of esters is 1. The van der Waals surface area contributed by atoms with E-state index in [2.05, 4.69) is 17.2 Å². The first kappa shape index (κ1) is 18.6. The number of rotatable bonds is 6. The number of benzene rings is 1. The molecule has 2 rings (SSSR count). The summed E-state index contributed by atoms with van der Waals surface area (Å²) in [6.07, 6.45) is 0.0268. The Morgan fingerprint density at radius 2 is 1.92 bits per heavy atom. The van der Waals surface area contributed by atoms with Crippen LogP contribution in [0.15, 0.2) is 42.5 Å². The lowest BCUT2D eigenvalue weighted by molar-refractivity contribution is 0.0532. The van der Waals surface area contributed by atoms with E-state index in [-0.39, 0.29) is 12.6 Å². The van der Waals surface area contributed by atoms with Gasteiger partial charge >= 0.3 is 12.1 Å². The summed E-state index contributed by atoms with van der Waals surface area (Å²) >= 11 is 1.29. The molecule has 6 heteroatoms. The largest absolute Gasteiger partial charge is 0.462 e. The van der Waals surface area contributed by atoms with Gasteiger partial charge in [0.2, 0.25) is 0 Å². The molecule has 130 valence electrons. The minimum atomic E-state index is -0.466. The Hall–Kier alpha value is -2.78. The lowest BCUT2D eigenvalue weighted by atomic mass is 10.2. The number of nitrogens with one attached hydrogen (secondary N) is 1. The Bertz CT molecular complexity index is 758. The Kier molecular flexibility index (Phi) is 7.54. The second-order valence-electron chi connectivity index (χ2n) is 4.92. The van der Waals surface area contributed by atoms with Gasteiger partial charge in [-0.15, -0.1) is 11.3 Å². The maximum absolute atomic E-state index is 11.6. The number of hydrogen-bond donors (Lipinski definition) is 1. The highest BCUT2D eigenvalue weighted by Gasteiger charge is 2.08. The molecule has 0 saturated heterocycles. The monoisotopic (exact) mass is 357 g/mol. The van der Waals surface area contributed by atoms with Gasteiger partial charge in [-0.2, -0.15) is 0 Å². The molecule has 0 aliphatic rings. The van der Waals surface area contributed by atoms with Gasteiger partial charge in [-0.1, -0.05) is 42.2 Å². The van der Waals surface area contributed by atoms with Gasteiger partial charge in [0.05, 0.1) is 11.5 Å². The smallest absolute Gasteiger partial charge is 0.407 e. The van der Waals surface area contributed by atoms with Crippen LogP contribution in [0, 0.1) is 11.8 Å². The van der Waals surface area contributed by atoms with Crippen molar-refractivity contribution in [1.29, 1.82) is 0 Å². The fourth-order valence-electron chi connectivity index (χ4n) is 1.87. The van der Waals surface area contributed by atoms with Crippen molar-refractivity contribution < 1.29 is 19.1 Å². The Balaban J connectivity index is 1.67. The quantitative estimate of drug-likeness (QED) is 0.487. The van der Waals surface area contributed by atoms with Gasteiger partial charge in [0.15, 0.2) is 0 Å². The van der Waals surface area contributed by atoms with Crippen molar-refractivity contribution in [3.05, 3.63) is 57.8 Å². The molecule has 0 fully saturated rings. The van der Waals surface area contributed by atoms with E-state index >= 15 is 0 Å². The summed E-state index contributed by atoms with van der Waals surface area (Å²) in [4.78, 5) is 24.4. The molecule has 0 radical (unpaired) electrons. The van der Waals surface area contributed by atoms with Crippen LogP contribution in [0.25, 0.3) is 0 Å². The molecule has 1 aromatic heterocycles. The van der Waals surface area contributed by atoms with E-state index in [9.17, 15) is 9.59 Å². The number of carbonyl (C=O) groups excluding carboxylic acids is 2. The van der Waals surface area contributed by atoms with Crippen molar-refractivity contribution in [2.75, 3.05) is 13.2 Å². The van der Waals surface area contributed by atoms with E-state index in [1.54, 1.807) is 19.1 Å². The zero-order valence-corrected chi connectivity index (χ0v) is 14.7. The molecule has 0 unspecified atom stereocenters. The molecular formula is C19H19NO4S. The zero-order chi connectivity index (χ0) is 17.9. The number of hydrogen-bond acceptors (Lipinski definition) is 5. The van der Waals surface area contributed by atoms with Crippen LogP contribution in [-0.2, 0) is 16.1 Å². The molecule has 0 saturated carbocycles. The number of carbonyl (C=O) groups is 2. The first-order valence-electron chi connectivity index (χ1n) is 7.89. The van der Waals surface area contributed by atoms with Gasteiger partial charge in [-0.05, 0) is 24.6 Å². The van der Waals surface area contributed by atoms with Crippen molar-refractivity contribution in [2.45, 2.75) is 20.0 Å². The van der Waals surface area contributed by atoms with Gasteiger partial charge in [-0.3, -0.25) is 0 Å². The van der Waals surface area contributed by atoms with Crippen molar-refractivity contribution >= 4 is 23.4 Å². The van der Waals surface area contributed by atoms with Crippen molar-refractivity contribution in [3.8, 4) is 11.8 Å². The molecule has 5 nitrogen and oxygen atoms in total. The van der Waals surface area contributed by atoms with E-state index in [1.165, 1.54) is 11.3 Å². The van der Waals surface area contributed by atoms with Crippen LogP contribution in [0.4, 0.5) is 4.79 Å². The van der Waals surface area contributed by atoms with Crippen LogP contribution < -0.4 is 5.32 Å². The molecule has 0 aliphatic carbocycles. The van der Waals surface area contributed by atoms with Crippen LogP contribution in [0.2, 0.25) is 0 Å². The van der Waals surface area contributed by atoms with E-state index in [1.807, 2.05) is 30.3 Å². The average Bonchev–Trinajstić information content (AvgIpc) is 3.10. The SMILES string of the molecule is CCOC(=O)c1ccc(C#CCCNC(=O)OCc2ccccc2)s1. The lowest BCUT2D eigenvalue weighted by Crippen LogP contribution is -2.24. The summed E-state index contributed by atoms with van der Waals surface area (Å²) in [6.45, 7) is 2.76. The standard InChI is InChI=1S/C19H19NO4S/c1-2-23-18(21)17-12-11-16(25-17)10-6-7-13-20-19(22)24-14-15-8-4-3-5-9-15/h3-5,8-9,11-12H,2,7,13-14H2,1H3,(H,20,22). The first-order valence-corrected chi connectivity index (χ1v) is 8.71. The second kappa shape index (κ2) is 10.2. The maximum atomic E-state index is 11.6. The van der Waals surface area contributed by atoms with Crippen LogP contribution in [0.3, 0.4) is 0 Å². The molecule has 1 heterocycles. The summed E-state index contributed by atoms with van der Waals surface area (Å²) in [5, 5.41) is 2.64. The number of amides is 1. The fraction of sp³-hybridized carbons (Fsp3) is 0.263. The van der Waals surface area contributed by atoms with E-state index in [0.29, 0.717) is 24.4 Å². The van der Waals surface area contributed by atoms with Gasteiger partial charge in [-0.25, -0.2) is 9.59 Å². The Morgan fingerprint density at radius 3 is 2.68 bits per heavy atom. The molecule has 1 amide bonds. The highest BCUT2D eigenvalue weighted by molar-refractivity contribution is 7.14. The average molecular weight is 357 g/mol. The molecule has 1 aromatic carbocycles. The van der Waals surface area contributed by atoms with E-state index in [4.69, 9.17) is 9.47 Å². The summed E-state index contributed by atoms with van der Waals surface area (Å²) in [7, 11) is 0. The van der Waals surface area contributed by atoms with E-state index < -0.39 is 6.09 Å².